The van der Waals surface area contributed by atoms with Crippen LogP contribution in [0.15, 0.2) is 18.2 Å². The summed E-state index contributed by atoms with van der Waals surface area (Å²) in [5.41, 5.74) is 1.32. The second-order valence-corrected chi connectivity index (χ2v) is 4.87. The van der Waals surface area contributed by atoms with Crippen LogP contribution in [0.4, 0.5) is 10.5 Å². The minimum atomic E-state index is -1.05. The molecule has 0 saturated carbocycles. The Hall–Kier alpha value is -1.75. The number of carbonyl (C=O) groups excluding carboxylic acids is 1. The van der Waals surface area contributed by atoms with E-state index in [9.17, 15) is 9.59 Å². The van der Waals surface area contributed by atoms with Gasteiger partial charge in [0.25, 0.3) is 0 Å². The molecule has 0 aliphatic carbocycles. The highest BCUT2D eigenvalue weighted by Gasteiger charge is 2.20. The number of aliphatic carboxylic acids is 1. The number of benzene rings is 1. The fourth-order valence-corrected chi connectivity index (χ4v) is 1.74. The summed E-state index contributed by atoms with van der Waals surface area (Å²) in [4.78, 5) is 24.0. The molecular formula is C13H17ClN2O3. The second kappa shape index (κ2) is 6.43. The van der Waals surface area contributed by atoms with E-state index in [2.05, 4.69) is 5.32 Å². The van der Waals surface area contributed by atoms with Crippen molar-refractivity contribution in [1.29, 1.82) is 0 Å². The molecule has 5 nitrogen and oxygen atoms in total. The van der Waals surface area contributed by atoms with E-state index in [4.69, 9.17) is 16.7 Å². The Morgan fingerprint density at radius 1 is 1.42 bits per heavy atom. The summed E-state index contributed by atoms with van der Waals surface area (Å²) in [5, 5.41) is 12.0. The molecule has 6 heteroatoms. The van der Waals surface area contributed by atoms with E-state index >= 15 is 0 Å². The first kappa shape index (κ1) is 15.3. The normalized spacial score (nSPS) is 10.4. The predicted octanol–water partition coefficient (Wildman–Crippen LogP) is 2.98. The lowest BCUT2D eigenvalue weighted by Crippen LogP contribution is -2.43. The van der Waals surface area contributed by atoms with Crippen molar-refractivity contribution in [3.63, 3.8) is 0 Å². The van der Waals surface area contributed by atoms with Crippen molar-refractivity contribution in [2.45, 2.75) is 26.8 Å². The molecule has 0 saturated heterocycles. The van der Waals surface area contributed by atoms with Gasteiger partial charge in [-0.15, -0.1) is 0 Å². The fraction of sp³-hybridized carbons (Fsp3) is 0.385. The lowest BCUT2D eigenvalue weighted by molar-refractivity contribution is -0.137. The Morgan fingerprint density at radius 3 is 2.58 bits per heavy atom. The quantitative estimate of drug-likeness (QED) is 0.893. The van der Waals surface area contributed by atoms with Gasteiger partial charge in [-0.05, 0) is 38.5 Å². The van der Waals surface area contributed by atoms with Gasteiger partial charge >= 0.3 is 12.0 Å². The highest BCUT2D eigenvalue weighted by Crippen LogP contribution is 2.23. The highest BCUT2D eigenvalue weighted by molar-refractivity contribution is 6.31. The number of urea groups is 1. The van der Waals surface area contributed by atoms with Crippen LogP contribution >= 0.6 is 11.6 Å². The molecule has 0 unspecified atom stereocenters. The standard InChI is InChI=1S/C13H17ClN2O3/c1-8(2)16(7-12(17)18)13(19)15-11-6-4-5-10(14)9(11)3/h4-6,8H,7H2,1-3H3,(H,15,19)(H,17,18). The van der Waals surface area contributed by atoms with E-state index in [1.807, 2.05) is 0 Å². The number of carboxylic acids is 1. The van der Waals surface area contributed by atoms with Crippen molar-refractivity contribution >= 4 is 29.3 Å². The van der Waals surface area contributed by atoms with Crippen LogP contribution in [0.25, 0.3) is 0 Å². The molecule has 19 heavy (non-hydrogen) atoms. The lowest BCUT2D eigenvalue weighted by Gasteiger charge is -2.25. The second-order valence-electron chi connectivity index (χ2n) is 4.46. The molecule has 0 fully saturated rings. The van der Waals surface area contributed by atoms with E-state index in [1.54, 1.807) is 39.0 Å². The van der Waals surface area contributed by atoms with E-state index < -0.39 is 12.0 Å². The molecule has 1 rings (SSSR count). The number of rotatable bonds is 4. The molecule has 0 bridgehead atoms. The summed E-state index contributed by atoms with van der Waals surface area (Å²) in [6.45, 7) is 4.96. The summed E-state index contributed by atoms with van der Waals surface area (Å²) >= 11 is 5.96. The van der Waals surface area contributed by atoms with Crippen LogP contribution in [0.3, 0.4) is 0 Å². The van der Waals surface area contributed by atoms with Gasteiger partial charge < -0.3 is 15.3 Å². The number of nitrogens with zero attached hydrogens (tertiary/aromatic N) is 1. The Balaban J connectivity index is 2.87. The zero-order valence-corrected chi connectivity index (χ0v) is 11.9. The van der Waals surface area contributed by atoms with Crippen LogP contribution in [-0.2, 0) is 4.79 Å². The summed E-state index contributed by atoms with van der Waals surface area (Å²) in [5.74, 6) is -1.05. The number of amides is 2. The Bertz CT molecular complexity index is 489. The average molecular weight is 285 g/mol. The summed E-state index contributed by atoms with van der Waals surface area (Å²) in [6, 6.07) is 4.50. The monoisotopic (exact) mass is 284 g/mol. The molecule has 0 radical (unpaired) electrons. The van der Waals surface area contributed by atoms with Crippen LogP contribution in [0, 0.1) is 6.92 Å². The molecule has 0 atom stereocenters. The van der Waals surface area contributed by atoms with Gasteiger partial charge in [-0.1, -0.05) is 17.7 Å². The molecule has 1 aromatic carbocycles. The number of hydrogen-bond donors (Lipinski definition) is 2. The Kier molecular flexibility index (Phi) is 5.18. The zero-order valence-electron chi connectivity index (χ0n) is 11.1. The van der Waals surface area contributed by atoms with Crippen LogP contribution in [-0.4, -0.2) is 34.6 Å². The Labute approximate surface area is 117 Å². The molecule has 0 aromatic heterocycles. The summed E-state index contributed by atoms with van der Waals surface area (Å²) < 4.78 is 0. The third-order valence-corrected chi connectivity index (χ3v) is 3.11. The van der Waals surface area contributed by atoms with Crippen molar-refractivity contribution in [3.05, 3.63) is 28.8 Å². The van der Waals surface area contributed by atoms with Crippen LogP contribution in [0.2, 0.25) is 5.02 Å². The Morgan fingerprint density at radius 2 is 2.05 bits per heavy atom. The fourth-order valence-electron chi connectivity index (χ4n) is 1.56. The van der Waals surface area contributed by atoms with Crippen molar-refractivity contribution in [2.24, 2.45) is 0 Å². The average Bonchev–Trinajstić information content (AvgIpc) is 2.31. The molecule has 0 aliphatic rings. The SMILES string of the molecule is Cc1c(Cl)cccc1NC(=O)N(CC(=O)O)C(C)C. The van der Waals surface area contributed by atoms with Gasteiger partial charge in [0.2, 0.25) is 0 Å². The minimum Gasteiger partial charge on any atom is -0.480 e. The summed E-state index contributed by atoms with van der Waals surface area (Å²) in [7, 11) is 0. The van der Waals surface area contributed by atoms with Crippen LogP contribution in [0.5, 0.6) is 0 Å². The third kappa shape index (κ3) is 4.13. The maximum atomic E-state index is 12.1. The maximum absolute atomic E-state index is 12.1. The first-order valence-corrected chi connectivity index (χ1v) is 6.25. The molecular weight excluding hydrogens is 268 g/mol. The third-order valence-electron chi connectivity index (χ3n) is 2.70. The van der Waals surface area contributed by atoms with Gasteiger partial charge in [0.15, 0.2) is 0 Å². The van der Waals surface area contributed by atoms with Gasteiger partial charge in [0, 0.05) is 16.8 Å². The first-order chi connectivity index (χ1) is 8.82. The molecule has 2 amide bonds. The molecule has 0 heterocycles. The molecule has 2 N–H and O–H groups in total. The predicted molar refractivity (Wildman–Crippen MR) is 74.7 cm³/mol. The number of halogens is 1. The topological polar surface area (TPSA) is 69.6 Å². The van der Waals surface area contributed by atoms with Crippen molar-refractivity contribution in [1.82, 2.24) is 4.90 Å². The molecule has 0 aliphatic heterocycles. The van der Waals surface area contributed by atoms with E-state index in [1.165, 1.54) is 4.90 Å². The smallest absolute Gasteiger partial charge is 0.323 e. The molecule has 1 aromatic rings. The number of nitrogens with one attached hydrogen (secondary N) is 1. The lowest BCUT2D eigenvalue weighted by atomic mass is 10.2. The minimum absolute atomic E-state index is 0.212. The van der Waals surface area contributed by atoms with Gasteiger partial charge in [-0.25, -0.2) is 4.79 Å². The largest absolute Gasteiger partial charge is 0.480 e. The summed E-state index contributed by atoms with van der Waals surface area (Å²) in [6.07, 6.45) is 0. The van der Waals surface area contributed by atoms with E-state index in [-0.39, 0.29) is 12.6 Å². The zero-order chi connectivity index (χ0) is 14.6. The van der Waals surface area contributed by atoms with Gasteiger partial charge in [0.1, 0.15) is 6.54 Å². The number of hydrogen-bond acceptors (Lipinski definition) is 2. The van der Waals surface area contributed by atoms with Crippen molar-refractivity contribution in [2.75, 3.05) is 11.9 Å². The number of carboxylic acid groups (broad SMARTS) is 1. The maximum Gasteiger partial charge on any atom is 0.323 e. The molecule has 104 valence electrons. The number of anilines is 1. The highest BCUT2D eigenvalue weighted by atomic mass is 35.5. The van der Waals surface area contributed by atoms with Crippen molar-refractivity contribution < 1.29 is 14.7 Å². The van der Waals surface area contributed by atoms with Gasteiger partial charge in [-0.3, -0.25) is 4.79 Å². The molecule has 0 spiro atoms. The van der Waals surface area contributed by atoms with Crippen molar-refractivity contribution in [3.8, 4) is 0 Å². The van der Waals surface area contributed by atoms with Gasteiger partial charge in [-0.2, -0.15) is 0 Å². The van der Waals surface area contributed by atoms with Crippen LogP contribution in [0.1, 0.15) is 19.4 Å². The van der Waals surface area contributed by atoms with E-state index in [0.29, 0.717) is 10.7 Å². The van der Waals surface area contributed by atoms with E-state index in [0.717, 1.165) is 5.56 Å². The number of carbonyl (C=O) groups is 2. The van der Waals surface area contributed by atoms with Crippen LogP contribution < -0.4 is 5.32 Å². The first-order valence-electron chi connectivity index (χ1n) is 5.87. The van der Waals surface area contributed by atoms with Gasteiger partial charge in [0.05, 0.1) is 0 Å².